The number of hydrogen-bond acceptors (Lipinski definition) is 3. The molecule has 118 valence electrons. The zero-order chi connectivity index (χ0) is 14.4. The molecule has 2 aliphatic rings. The minimum absolute atomic E-state index is 0.231. The molecule has 2 aliphatic heterocycles. The average molecular weight is 395 g/mol. The number of amides is 1. The monoisotopic (exact) mass is 395 g/mol. The molecule has 2 heterocycles. The number of nitrogens with zero attached hydrogens (tertiary/aromatic N) is 2. The summed E-state index contributed by atoms with van der Waals surface area (Å²) < 4.78 is 6.78. The molecule has 0 unspecified atom stereocenters. The molecule has 1 amide bonds. The Hall–Kier alpha value is 0.120. The van der Waals surface area contributed by atoms with Crippen LogP contribution in [0.25, 0.3) is 0 Å². The van der Waals surface area contributed by atoms with E-state index in [1.165, 1.54) is 12.8 Å². The van der Waals surface area contributed by atoms with E-state index in [9.17, 15) is 4.79 Å². The van der Waals surface area contributed by atoms with E-state index in [2.05, 4.69) is 16.8 Å². The first kappa shape index (κ1) is 16.5. The molecule has 0 radical (unpaired) electrons. The Labute approximate surface area is 133 Å². The third-order valence-electron chi connectivity index (χ3n) is 4.44. The minimum atomic E-state index is 0.231. The molecule has 5 heteroatoms. The van der Waals surface area contributed by atoms with Crippen molar-refractivity contribution in [2.45, 2.75) is 38.7 Å². The summed E-state index contributed by atoms with van der Waals surface area (Å²) >= 11 is 0.231. The van der Waals surface area contributed by atoms with Gasteiger partial charge < -0.3 is 0 Å². The number of hydrogen-bond donors (Lipinski definition) is 0. The molecule has 20 heavy (non-hydrogen) atoms. The summed E-state index contributed by atoms with van der Waals surface area (Å²) in [6, 6.07) is 0. The van der Waals surface area contributed by atoms with Gasteiger partial charge in [0.2, 0.25) is 0 Å². The second-order valence-corrected chi connectivity index (χ2v) is 8.23. The van der Waals surface area contributed by atoms with Gasteiger partial charge >= 0.3 is 126 Å². The summed E-state index contributed by atoms with van der Waals surface area (Å²) in [6.45, 7) is 6.88. The Morgan fingerprint density at radius 2 is 1.80 bits per heavy atom. The number of carbonyl (C=O) groups is 1. The van der Waals surface area contributed by atoms with Gasteiger partial charge in [-0.15, -0.1) is 0 Å². The van der Waals surface area contributed by atoms with Crippen molar-refractivity contribution in [1.29, 1.82) is 0 Å². The Balaban J connectivity index is 1.66. The Morgan fingerprint density at radius 3 is 2.40 bits per heavy atom. The molecule has 0 bridgehead atoms. The van der Waals surface area contributed by atoms with Gasteiger partial charge in [0, 0.05) is 0 Å². The van der Waals surface area contributed by atoms with Crippen molar-refractivity contribution in [3.8, 4) is 0 Å². The molecule has 2 fully saturated rings. The van der Waals surface area contributed by atoms with Crippen molar-refractivity contribution in [3.63, 3.8) is 0 Å². The quantitative estimate of drug-likeness (QED) is 0.416. The van der Waals surface area contributed by atoms with Crippen LogP contribution in [0.4, 0.5) is 0 Å². The number of carbonyl (C=O) groups excluding carboxylic acids is 1. The molecular formula is C15H28IN2O2-. The van der Waals surface area contributed by atoms with E-state index in [1.54, 1.807) is 0 Å². The van der Waals surface area contributed by atoms with Gasteiger partial charge in [-0.05, 0) is 0 Å². The third-order valence-corrected chi connectivity index (χ3v) is 5.42. The number of piperidine rings is 2. The number of rotatable bonds is 5. The molecule has 0 aliphatic carbocycles. The van der Waals surface area contributed by atoms with Gasteiger partial charge in [-0.25, -0.2) is 0 Å². The van der Waals surface area contributed by atoms with Crippen LogP contribution in [0.1, 0.15) is 32.6 Å². The van der Waals surface area contributed by atoms with Crippen molar-refractivity contribution < 1.29 is 30.7 Å². The number of halogens is 1. The van der Waals surface area contributed by atoms with Crippen LogP contribution in [0, 0.1) is 5.92 Å². The van der Waals surface area contributed by atoms with Crippen molar-refractivity contribution in [2.75, 3.05) is 42.3 Å². The first-order chi connectivity index (χ1) is 9.69. The maximum absolute atomic E-state index is 12.3. The standard InChI is InChI=1S/C15H28IN2O2/c1-13-3-7-17(8-4-13)11-15(19)18-9-5-14(6-10-18)20-12-16-2/h13-14H,3-12H2,1-2H3/q-1. The van der Waals surface area contributed by atoms with Crippen molar-refractivity contribution in [3.05, 3.63) is 0 Å². The van der Waals surface area contributed by atoms with Crippen LogP contribution >= 0.6 is 0 Å². The van der Waals surface area contributed by atoms with Crippen LogP contribution < -0.4 is 21.2 Å². The van der Waals surface area contributed by atoms with Crippen LogP contribution in [0.15, 0.2) is 0 Å². The first-order valence-electron chi connectivity index (χ1n) is 7.74. The van der Waals surface area contributed by atoms with Gasteiger partial charge in [0.15, 0.2) is 0 Å². The second-order valence-electron chi connectivity index (χ2n) is 6.08. The fourth-order valence-corrected chi connectivity index (χ4v) is 3.80. The fourth-order valence-electron chi connectivity index (χ4n) is 2.94. The van der Waals surface area contributed by atoms with Gasteiger partial charge in [0.05, 0.1) is 0 Å². The normalized spacial score (nSPS) is 23.4. The zero-order valence-electron chi connectivity index (χ0n) is 12.8. The molecule has 0 aromatic carbocycles. The molecule has 4 nitrogen and oxygen atoms in total. The third kappa shape index (κ3) is 5.15. The van der Waals surface area contributed by atoms with E-state index < -0.39 is 0 Å². The van der Waals surface area contributed by atoms with Crippen molar-refractivity contribution >= 4 is 5.91 Å². The first-order valence-corrected chi connectivity index (χ1v) is 11.4. The number of ether oxygens (including phenoxy) is 1. The summed E-state index contributed by atoms with van der Waals surface area (Å²) in [5.74, 6) is 1.15. The van der Waals surface area contributed by atoms with Gasteiger partial charge in [-0.3, -0.25) is 0 Å². The topological polar surface area (TPSA) is 32.8 Å². The van der Waals surface area contributed by atoms with Crippen LogP contribution in [0.5, 0.6) is 0 Å². The van der Waals surface area contributed by atoms with Crippen LogP contribution in [-0.4, -0.2) is 64.1 Å². The number of alkyl halides is 2. The molecule has 0 aromatic heterocycles. The summed E-state index contributed by atoms with van der Waals surface area (Å²) in [7, 11) is 0. The molecule has 0 spiro atoms. The van der Waals surface area contributed by atoms with E-state index >= 15 is 0 Å². The SMILES string of the molecule is C[I-]COC1CCN(C(=O)CN2CCC(C)CC2)CC1. The summed E-state index contributed by atoms with van der Waals surface area (Å²) in [5, 5.41) is 0. The van der Waals surface area contributed by atoms with Gasteiger partial charge in [-0.1, -0.05) is 6.92 Å². The van der Waals surface area contributed by atoms with E-state index in [-0.39, 0.29) is 21.2 Å². The van der Waals surface area contributed by atoms with Gasteiger partial charge in [0.1, 0.15) is 0 Å². The molecule has 0 atom stereocenters. The Kier molecular flexibility index (Phi) is 7.04. The molecule has 0 aromatic rings. The zero-order valence-corrected chi connectivity index (χ0v) is 15.0. The summed E-state index contributed by atoms with van der Waals surface area (Å²) in [6.07, 6.45) is 4.92. The van der Waals surface area contributed by atoms with Gasteiger partial charge in [-0.2, -0.15) is 0 Å². The predicted octanol–water partition coefficient (Wildman–Crippen LogP) is -1.60. The molecule has 2 rings (SSSR count). The second kappa shape index (κ2) is 8.54. The van der Waals surface area contributed by atoms with E-state index in [4.69, 9.17) is 4.74 Å². The van der Waals surface area contributed by atoms with Gasteiger partial charge in [0.25, 0.3) is 0 Å². The fraction of sp³-hybridized carbons (Fsp3) is 0.933. The van der Waals surface area contributed by atoms with Crippen LogP contribution in [-0.2, 0) is 9.53 Å². The molecule has 0 saturated carbocycles. The number of likely N-dealkylation sites (tertiary alicyclic amines) is 2. The van der Waals surface area contributed by atoms with Crippen molar-refractivity contribution in [1.82, 2.24) is 9.80 Å². The van der Waals surface area contributed by atoms with E-state index in [1.807, 2.05) is 4.90 Å². The summed E-state index contributed by atoms with van der Waals surface area (Å²) in [4.78, 5) is 18.9. The molecular weight excluding hydrogens is 367 g/mol. The average Bonchev–Trinajstić information content (AvgIpc) is 2.48. The van der Waals surface area contributed by atoms with E-state index in [0.717, 1.165) is 49.6 Å². The van der Waals surface area contributed by atoms with Crippen molar-refractivity contribution in [2.24, 2.45) is 5.92 Å². The summed E-state index contributed by atoms with van der Waals surface area (Å²) in [5.41, 5.74) is 0. The maximum atomic E-state index is 12.3. The molecule has 0 N–H and O–H groups in total. The van der Waals surface area contributed by atoms with E-state index in [0.29, 0.717) is 18.6 Å². The molecule has 2 saturated heterocycles. The Morgan fingerprint density at radius 1 is 1.15 bits per heavy atom. The van der Waals surface area contributed by atoms with Crippen LogP contribution in [0.3, 0.4) is 0 Å². The Bertz CT molecular complexity index is 298. The predicted molar refractivity (Wildman–Crippen MR) is 76.3 cm³/mol. The van der Waals surface area contributed by atoms with Crippen LogP contribution in [0.2, 0.25) is 0 Å².